The van der Waals surface area contributed by atoms with Crippen LogP contribution in [0.25, 0.3) is 0 Å². The molecule has 17 heavy (non-hydrogen) atoms. The molecular weight excluding hydrogens is 228 g/mol. The van der Waals surface area contributed by atoms with Gasteiger partial charge in [0.15, 0.2) is 5.17 Å². The molecule has 0 aromatic heterocycles. The van der Waals surface area contributed by atoms with E-state index >= 15 is 0 Å². The van der Waals surface area contributed by atoms with Crippen LogP contribution in [0.1, 0.15) is 25.8 Å². The second-order valence-corrected chi connectivity index (χ2v) is 6.11. The molecule has 1 saturated heterocycles. The van der Waals surface area contributed by atoms with E-state index < -0.39 is 0 Å². The van der Waals surface area contributed by atoms with Gasteiger partial charge in [-0.15, -0.1) is 0 Å². The van der Waals surface area contributed by atoms with Gasteiger partial charge in [-0.3, -0.25) is 4.99 Å². The summed E-state index contributed by atoms with van der Waals surface area (Å²) in [6, 6.07) is 10.5. The minimum atomic E-state index is 0.205. The maximum absolute atomic E-state index is 4.64. The summed E-state index contributed by atoms with van der Waals surface area (Å²) in [5.74, 6) is 1.17. The standard InChI is InChI=1S/C14H20N2S/c1-14(2)9-11-17-13(16-14)15-10-8-12-6-4-3-5-7-12/h3-7H,8-11H2,1-2H3,(H,15,16). The minimum absolute atomic E-state index is 0.205. The Balaban J connectivity index is 1.85. The first kappa shape index (κ1) is 12.5. The molecule has 0 atom stereocenters. The third kappa shape index (κ3) is 4.08. The van der Waals surface area contributed by atoms with Crippen LogP contribution in [0.15, 0.2) is 35.3 Å². The average Bonchev–Trinajstić information content (AvgIpc) is 2.29. The van der Waals surface area contributed by atoms with Crippen molar-refractivity contribution >= 4 is 16.9 Å². The van der Waals surface area contributed by atoms with Gasteiger partial charge in [-0.1, -0.05) is 42.1 Å². The summed E-state index contributed by atoms with van der Waals surface area (Å²) in [4.78, 5) is 4.64. The summed E-state index contributed by atoms with van der Waals surface area (Å²) >= 11 is 1.84. The normalized spacial score (nSPS) is 21.2. The fraction of sp³-hybridized carbons (Fsp3) is 0.500. The summed E-state index contributed by atoms with van der Waals surface area (Å²) in [5, 5.41) is 4.60. The monoisotopic (exact) mass is 248 g/mol. The van der Waals surface area contributed by atoms with Crippen LogP contribution in [-0.4, -0.2) is 23.0 Å². The van der Waals surface area contributed by atoms with Crippen molar-refractivity contribution in [2.24, 2.45) is 4.99 Å². The van der Waals surface area contributed by atoms with Gasteiger partial charge in [-0.2, -0.15) is 0 Å². The van der Waals surface area contributed by atoms with Crippen molar-refractivity contribution in [3.63, 3.8) is 0 Å². The van der Waals surface area contributed by atoms with Crippen LogP contribution in [0.5, 0.6) is 0 Å². The third-order valence-corrected chi connectivity index (χ3v) is 3.82. The van der Waals surface area contributed by atoms with E-state index in [4.69, 9.17) is 0 Å². The van der Waals surface area contributed by atoms with Gasteiger partial charge in [-0.05, 0) is 32.3 Å². The second-order valence-electron chi connectivity index (χ2n) is 5.03. The Bertz CT molecular complexity index is 384. The summed E-state index contributed by atoms with van der Waals surface area (Å²) in [6.45, 7) is 5.34. The van der Waals surface area contributed by atoms with Crippen molar-refractivity contribution in [3.05, 3.63) is 35.9 Å². The van der Waals surface area contributed by atoms with E-state index in [9.17, 15) is 0 Å². The third-order valence-electron chi connectivity index (χ3n) is 2.91. The molecule has 0 spiro atoms. The van der Waals surface area contributed by atoms with Gasteiger partial charge in [0, 0.05) is 17.8 Å². The molecule has 1 aliphatic heterocycles. The van der Waals surface area contributed by atoms with Gasteiger partial charge in [-0.25, -0.2) is 0 Å². The van der Waals surface area contributed by atoms with Gasteiger partial charge < -0.3 is 5.32 Å². The molecule has 3 heteroatoms. The molecule has 92 valence electrons. The lowest BCUT2D eigenvalue weighted by Crippen LogP contribution is -2.46. The molecule has 1 aromatic carbocycles. The van der Waals surface area contributed by atoms with Crippen LogP contribution in [0.2, 0.25) is 0 Å². The van der Waals surface area contributed by atoms with Crippen LogP contribution in [0, 0.1) is 0 Å². The average molecular weight is 248 g/mol. The molecule has 1 N–H and O–H groups in total. The highest BCUT2D eigenvalue weighted by Crippen LogP contribution is 2.21. The predicted molar refractivity (Wildman–Crippen MR) is 76.7 cm³/mol. The fourth-order valence-corrected chi connectivity index (χ4v) is 3.14. The van der Waals surface area contributed by atoms with E-state index in [-0.39, 0.29) is 5.54 Å². The number of hydrogen-bond donors (Lipinski definition) is 1. The zero-order valence-electron chi connectivity index (χ0n) is 10.6. The first-order chi connectivity index (χ1) is 8.16. The van der Waals surface area contributed by atoms with Gasteiger partial charge in [0.05, 0.1) is 0 Å². The Hall–Kier alpha value is -0.960. The molecule has 1 aliphatic rings. The van der Waals surface area contributed by atoms with Crippen molar-refractivity contribution in [1.29, 1.82) is 0 Å². The summed E-state index contributed by atoms with van der Waals surface area (Å²) in [5.41, 5.74) is 1.56. The highest BCUT2D eigenvalue weighted by Gasteiger charge is 2.23. The number of rotatable bonds is 3. The molecule has 1 fully saturated rings. The number of nitrogens with zero attached hydrogens (tertiary/aromatic N) is 1. The van der Waals surface area contributed by atoms with Gasteiger partial charge in [0.1, 0.15) is 0 Å². The Morgan fingerprint density at radius 1 is 1.29 bits per heavy atom. The van der Waals surface area contributed by atoms with Crippen LogP contribution in [0.3, 0.4) is 0 Å². The molecule has 0 aliphatic carbocycles. The minimum Gasteiger partial charge on any atom is -0.360 e. The van der Waals surface area contributed by atoms with Crippen LogP contribution in [0.4, 0.5) is 0 Å². The molecule has 1 aromatic rings. The smallest absolute Gasteiger partial charge is 0.156 e. The molecular formula is C14H20N2S. The van der Waals surface area contributed by atoms with E-state index in [1.54, 1.807) is 0 Å². The predicted octanol–water partition coefficient (Wildman–Crippen LogP) is 3.09. The van der Waals surface area contributed by atoms with E-state index in [1.807, 2.05) is 11.8 Å². The lowest BCUT2D eigenvalue weighted by molar-refractivity contribution is 0.446. The quantitative estimate of drug-likeness (QED) is 0.889. The summed E-state index contributed by atoms with van der Waals surface area (Å²) < 4.78 is 0. The van der Waals surface area contributed by atoms with Gasteiger partial charge in [0.25, 0.3) is 0 Å². The number of hydrogen-bond acceptors (Lipinski definition) is 2. The largest absolute Gasteiger partial charge is 0.360 e. The lowest BCUT2D eigenvalue weighted by atomic mass is 10.0. The van der Waals surface area contributed by atoms with Gasteiger partial charge >= 0.3 is 0 Å². The first-order valence-corrected chi connectivity index (χ1v) is 7.14. The lowest BCUT2D eigenvalue weighted by Gasteiger charge is -2.32. The van der Waals surface area contributed by atoms with E-state index in [0.717, 1.165) is 18.1 Å². The van der Waals surface area contributed by atoms with Crippen molar-refractivity contribution in [1.82, 2.24) is 5.32 Å². The van der Waals surface area contributed by atoms with Crippen LogP contribution in [-0.2, 0) is 6.42 Å². The van der Waals surface area contributed by atoms with E-state index in [2.05, 4.69) is 54.5 Å². The number of thioether (sulfide) groups is 1. The summed E-state index contributed by atoms with van der Waals surface area (Å²) in [6.07, 6.45) is 2.22. The molecule has 2 nitrogen and oxygen atoms in total. The Labute approximate surface area is 108 Å². The molecule has 0 bridgehead atoms. The molecule has 0 saturated carbocycles. The Kier molecular flexibility index (Phi) is 4.11. The molecule has 1 heterocycles. The molecule has 0 unspecified atom stereocenters. The molecule has 0 amide bonds. The van der Waals surface area contributed by atoms with Crippen molar-refractivity contribution in [3.8, 4) is 0 Å². The van der Waals surface area contributed by atoms with Gasteiger partial charge in [0.2, 0.25) is 0 Å². The number of amidine groups is 1. The maximum Gasteiger partial charge on any atom is 0.156 e. The fourth-order valence-electron chi connectivity index (χ4n) is 1.81. The van der Waals surface area contributed by atoms with Crippen molar-refractivity contribution in [2.45, 2.75) is 32.2 Å². The van der Waals surface area contributed by atoms with Crippen molar-refractivity contribution in [2.75, 3.05) is 12.3 Å². The number of aliphatic imine (C=N–C) groups is 1. The summed E-state index contributed by atoms with van der Waals surface area (Å²) in [7, 11) is 0. The van der Waals surface area contributed by atoms with E-state index in [1.165, 1.54) is 17.7 Å². The molecule has 0 radical (unpaired) electrons. The Morgan fingerprint density at radius 2 is 2.06 bits per heavy atom. The maximum atomic E-state index is 4.64. The number of nitrogens with one attached hydrogen (secondary N) is 1. The molecule has 2 rings (SSSR count). The second kappa shape index (κ2) is 5.58. The number of benzene rings is 1. The Morgan fingerprint density at radius 3 is 2.76 bits per heavy atom. The zero-order valence-corrected chi connectivity index (χ0v) is 11.4. The highest BCUT2D eigenvalue weighted by atomic mass is 32.2. The van der Waals surface area contributed by atoms with Crippen molar-refractivity contribution < 1.29 is 0 Å². The van der Waals surface area contributed by atoms with E-state index in [0.29, 0.717) is 0 Å². The highest BCUT2D eigenvalue weighted by molar-refractivity contribution is 8.13. The SMILES string of the molecule is CC1(C)CCSC(=NCCc2ccccc2)N1. The first-order valence-electron chi connectivity index (χ1n) is 6.15. The topological polar surface area (TPSA) is 24.4 Å². The zero-order chi connectivity index (χ0) is 12.1. The van der Waals surface area contributed by atoms with Crippen LogP contribution < -0.4 is 5.32 Å². The van der Waals surface area contributed by atoms with Crippen LogP contribution >= 0.6 is 11.8 Å².